The lowest BCUT2D eigenvalue weighted by Crippen LogP contribution is -2.38. The minimum Gasteiger partial charge on any atom is -0.349 e. The highest BCUT2D eigenvalue weighted by Crippen LogP contribution is 2.34. The molecule has 0 spiro atoms. The molecule has 1 heterocycles. The summed E-state index contributed by atoms with van der Waals surface area (Å²) in [4.78, 5) is 27.4. The number of amides is 1. The van der Waals surface area contributed by atoms with E-state index in [9.17, 15) is 14.0 Å². The van der Waals surface area contributed by atoms with Crippen LogP contribution in [0.15, 0.2) is 53.3 Å². The summed E-state index contributed by atoms with van der Waals surface area (Å²) in [6, 6.07) is 13.2. The summed E-state index contributed by atoms with van der Waals surface area (Å²) < 4.78 is 13.5. The summed E-state index contributed by atoms with van der Waals surface area (Å²) in [6.45, 7) is 0. The van der Waals surface area contributed by atoms with Gasteiger partial charge in [-0.15, -0.1) is 0 Å². The van der Waals surface area contributed by atoms with Crippen molar-refractivity contribution in [2.45, 2.75) is 37.6 Å². The first kappa shape index (κ1) is 18.7. The van der Waals surface area contributed by atoms with Crippen LogP contribution in [0.4, 0.5) is 4.39 Å². The number of hydrogen-bond donors (Lipinski definition) is 2. The molecule has 0 saturated heterocycles. The number of carbonyl (C=O) groups is 1. The fourth-order valence-corrected chi connectivity index (χ4v) is 4.27. The number of hydrogen-bond acceptors (Lipinski definition) is 2. The van der Waals surface area contributed by atoms with Crippen molar-refractivity contribution in [2.75, 3.05) is 0 Å². The number of benzene rings is 2. The molecule has 3 aromatic rings. The van der Waals surface area contributed by atoms with Gasteiger partial charge >= 0.3 is 0 Å². The van der Waals surface area contributed by atoms with Crippen LogP contribution in [0.2, 0.25) is 5.02 Å². The molecule has 6 heteroatoms. The van der Waals surface area contributed by atoms with Gasteiger partial charge in [0, 0.05) is 22.5 Å². The Hall–Kier alpha value is -2.66. The molecule has 1 aromatic heterocycles. The normalized spacial score (nSPS) is 19.5. The minimum atomic E-state index is -0.461. The molecule has 1 amide bonds. The first-order valence-corrected chi connectivity index (χ1v) is 9.76. The first-order chi connectivity index (χ1) is 13.5. The number of halogens is 2. The highest BCUT2D eigenvalue weighted by molar-refractivity contribution is 6.30. The SMILES string of the molecule is O=C(NC1CCCC(c2cccc(Cl)c2)C1)c1cc(=O)[nH]c2cc(F)ccc12. The van der Waals surface area contributed by atoms with Crippen molar-refractivity contribution >= 4 is 28.4 Å². The Bertz CT molecular complexity index is 1100. The average molecular weight is 399 g/mol. The van der Waals surface area contributed by atoms with Crippen molar-refractivity contribution in [1.82, 2.24) is 10.3 Å². The molecule has 1 fully saturated rings. The van der Waals surface area contributed by atoms with E-state index in [0.29, 0.717) is 21.8 Å². The van der Waals surface area contributed by atoms with Crippen molar-refractivity contribution in [3.8, 4) is 0 Å². The van der Waals surface area contributed by atoms with Gasteiger partial charge in [0.05, 0.1) is 11.1 Å². The topological polar surface area (TPSA) is 62.0 Å². The van der Waals surface area contributed by atoms with E-state index in [-0.39, 0.29) is 17.5 Å². The van der Waals surface area contributed by atoms with Crippen molar-refractivity contribution in [1.29, 1.82) is 0 Å². The van der Waals surface area contributed by atoms with E-state index >= 15 is 0 Å². The number of rotatable bonds is 3. The van der Waals surface area contributed by atoms with E-state index < -0.39 is 11.4 Å². The van der Waals surface area contributed by atoms with Crippen molar-refractivity contribution in [3.63, 3.8) is 0 Å². The number of pyridine rings is 1. The summed E-state index contributed by atoms with van der Waals surface area (Å²) in [6.07, 6.45) is 3.77. The van der Waals surface area contributed by atoms with E-state index in [1.54, 1.807) is 0 Å². The van der Waals surface area contributed by atoms with Gasteiger partial charge in [0.1, 0.15) is 5.82 Å². The first-order valence-electron chi connectivity index (χ1n) is 9.38. The molecule has 1 saturated carbocycles. The number of aromatic nitrogens is 1. The predicted octanol–water partition coefficient (Wildman–Crippen LogP) is 4.78. The van der Waals surface area contributed by atoms with Gasteiger partial charge < -0.3 is 10.3 Å². The number of nitrogens with one attached hydrogen (secondary N) is 2. The van der Waals surface area contributed by atoms with E-state index in [1.807, 2.05) is 18.2 Å². The van der Waals surface area contributed by atoms with Crippen LogP contribution in [0.3, 0.4) is 0 Å². The van der Waals surface area contributed by atoms with Crippen molar-refractivity contribution in [3.05, 3.63) is 80.9 Å². The lowest BCUT2D eigenvalue weighted by Gasteiger charge is -2.30. The molecule has 1 aliphatic rings. The Morgan fingerprint density at radius 3 is 2.82 bits per heavy atom. The fourth-order valence-electron chi connectivity index (χ4n) is 4.07. The van der Waals surface area contributed by atoms with Crippen LogP contribution in [0, 0.1) is 5.82 Å². The molecule has 2 N–H and O–H groups in total. The number of fused-ring (bicyclic) bond motifs is 1. The third kappa shape index (κ3) is 3.94. The van der Waals surface area contributed by atoms with Crippen LogP contribution >= 0.6 is 11.6 Å². The molecule has 0 aliphatic heterocycles. The van der Waals surface area contributed by atoms with Crippen LogP contribution in [-0.2, 0) is 0 Å². The lowest BCUT2D eigenvalue weighted by atomic mass is 9.81. The highest BCUT2D eigenvalue weighted by Gasteiger charge is 2.25. The largest absolute Gasteiger partial charge is 0.349 e. The van der Waals surface area contributed by atoms with E-state index in [1.165, 1.54) is 29.8 Å². The number of aromatic amines is 1. The quantitative estimate of drug-likeness (QED) is 0.667. The lowest BCUT2D eigenvalue weighted by molar-refractivity contribution is 0.0926. The summed E-state index contributed by atoms with van der Waals surface area (Å²) >= 11 is 6.12. The zero-order valence-electron chi connectivity index (χ0n) is 15.2. The van der Waals surface area contributed by atoms with Gasteiger partial charge in [-0.2, -0.15) is 0 Å². The van der Waals surface area contributed by atoms with Crippen molar-refractivity contribution in [2.24, 2.45) is 0 Å². The molecule has 2 aromatic carbocycles. The Morgan fingerprint density at radius 2 is 2.00 bits per heavy atom. The van der Waals surface area contributed by atoms with Crippen LogP contribution in [0.25, 0.3) is 10.9 Å². The second-order valence-corrected chi connectivity index (χ2v) is 7.76. The standard InChI is InChI=1S/C22H20ClFN2O2/c23-15-5-1-3-13(9-15)14-4-2-6-17(10-14)25-22(28)19-12-21(27)26-20-11-16(24)7-8-18(19)20/h1,3,5,7-9,11-12,14,17H,2,4,6,10H2,(H,25,28)(H,26,27). The van der Waals surface area contributed by atoms with Gasteiger partial charge in [-0.25, -0.2) is 4.39 Å². The highest BCUT2D eigenvalue weighted by atomic mass is 35.5. The summed E-state index contributed by atoms with van der Waals surface area (Å²) in [5.74, 6) is -0.431. The third-order valence-electron chi connectivity index (χ3n) is 5.38. The Morgan fingerprint density at radius 1 is 1.14 bits per heavy atom. The maximum Gasteiger partial charge on any atom is 0.252 e. The molecule has 2 unspecified atom stereocenters. The summed E-state index contributed by atoms with van der Waals surface area (Å²) in [5, 5.41) is 4.31. The van der Waals surface area contributed by atoms with Gasteiger partial charge in [0.15, 0.2) is 0 Å². The average Bonchev–Trinajstić information content (AvgIpc) is 2.67. The zero-order chi connectivity index (χ0) is 19.7. The molecule has 0 radical (unpaired) electrons. The van der Waals surface area contributed by atoms with Crippen LogP contribution < -0.4 is 10.9 Å². The molecule has 0 bridgehead atoms. The molecule has 144 valence electrons. The Labute approximate surface area is 166 Å². The van der Waals surface area contributed by atoms with Gasteiger partial charge in [-0.3, -0.25) is 9.59 Å². The molecule has 4 nitrogen and oxygen atoms in total. The van der Waals surface area contributed by atoms with E-state index in [0.717, 1.165) is 25.7 Å². The van der Waals surface area contributed by atoms with Gasteiger partial charge in [-0.1, -0.05) is 30.2 Å². The zero-order valence-corrected chi connectivity index (χ0v) is 15.9. The van der Waals surface area contributed by atoms with Gasteiger partial charge in [0.25, 0.3) is 5.91 Å². The maximum atomic E-state index is 13.5. The second-order valence-electron chi connectivity index (χ2n) is 7.33. The molecular weight excluding hydrogens is 379 g/mol. The minimum absolute atomic E-state index is 0.0139. The fraction of sp³-hybridized carbons (Fsp3) is 0.273. The predicted molar refractivity (Wildman–Crippen MR) is 108 cm³/mol. The van der Waals surface area contributed by atoms with Gasteiger partial charge in [0.2, 0.25) is 5.56 Å². The Kier molecular flexibility index (Phi) is 5.18. The summed E-state index contributed by atoms with van der Waals surface area (Å²) in [5.41, 5.74) is 1.34. The smallest absolute Gasteiger partial charge is 0.252 e. The monoisotopic (exact) mass is 398 g/mol. The number of carbonyl (C=O) groups excluding carboxylic acids is 1. The molecule has 4 rings (SSSR count). The molecular formula is C22H20ClFN2O2. The Balaban J connectivity index is 1.55. The maximum absolute atomic E-state index is 13.5. The molecule has 28 heavy (non-hydrogen) atoms. The second kappa shape index (κ2) is 7.76. The third-order valence-corrected chi connectivity index (χ3v) is 5.61. The van der Waals surface area contributed by atoms with Crippen LogP contribution in [-0.4, -0.2) is 16.9 Å². The van der Waals surface area contributed by atoms with E-state index in [4.69, 9.17) is 11.6 Å². The molecule has 2 atom stereocenters. The van der Waals surface area contributed by atoms with Gasteiger partial charge in [-0.05, 0) is 61.1 Å². The summed E-state index contributed by atoms with van der Waals surface area (Å²) in [7, 11) is 0. The van der Waals surface area contributed by atoms with Crippen LogP contribution in [0.5, 0.6) is 0 Å². The van der Waals surface area contributed by atoms with Crippen LogP contribution in [0.1, 0.15) is 47.5 Å². The molecule has 1 aliphatic carbocycles. The number of H-pyrrole nitrogens is 1. The van der Waals surface area contributed by atoms with E-state index in [2.05, 4.69) is 16.4 Å². The van der Waals surface area contributed by atoms with Crippen molar-refractivity contribution < 1.29 is 9.18 Å².